The predicted octanol–water partition coefficient (Wildman–Crippen LogP) is 0.431. The van der Waals surface area contributed by atoms with Gasteiger partial charge >= 0.3 is 0 Å². The molecule has 8 nitrogen and oxygen atoms in total. The van der Waals surface area contributed by atoms with Crippen LogP contribution in [-0.4, -0.2) is 105 Å². The summed E-state index contributed by atoms with van der Waals surface area (Å²) in [5.41, 5.74) is 1.03. The van der Waals surface area contributed by atoms with Gasteiger partial charge in [-0.05, 0) is 6.07 Å². The highest BCUT2D eigenvalue weighted by atomic mass is 16.5. The Morgan fingerprint density at radius 3 is 2.52 bits per heavy atom. The first-order chi connectivity index (χ1) is 14.1. The third-order valence-corrected chi connectivity index (χ3v) is 5.48. The molecule has 2 heterocycles. The molecule has 2 aliphatic rings. The van der Waals surface area contributed by atoms with Gasteiger partial charge in [0.05, 0.1) is 20.3 Å². The average Bonchev–Trinajstić information content (AvgIpc) is 2.73. The number of aliphatic hydroxyl groups excluding tert-OH is 1. The van der Waals surface area contributed by atoms with Crippen LogP contribution in [0.3, 0.4) is 0 Å². The fourth-order valence-electron chi connectivity index (χ4n) is 3.79. The van der Waals surface area contributed by atoms with Gasteiger partial charge in [0.25, 0.3) is 0 Å². The summed E-state index contributed by atoms with van der Waals surface area (Å²) in [5.74, 6) is 1.48. The Balaban J connectivity index is 1.58. The SMILES string of the molecule is COc1cccc(CN2CCN(C(C)=O)CC2)c1OC[C@@H](O)CN1CCOCC1. The standard InChI is InChI=1S/C21H33N3O5/c1-17(25)24-8-6-22(7-9-24)14-18-4-3-5-20(27-2)21(18)29-16-19(26)15-23-10-12-28-13-11-23/h3-5,19,26H,6-16H2,1-2H3/t19-/m0/s1. The normalized spacial score (nSPS) is 19.8. The van der Waals surface area contributed by atoms with Crippen LogP contribution in [0.1, 0.15) is 12.5 Å². The van der Waals surface area contributed by atoms with E-state index < -0.39 is 6.10 Å². The van der Waals surface area contributed by atoms with Crippen LogP contribution in [0.5, 0.6) is 11.5 Å². The minimum Gasteiger partial charge on any atom is -0.493 e. The smallest absolute Gasteiger partial charge is 0.219 e. The lowest BCUT2D eigenvalue weighted by atomic mass is 10.1. The molecule has 162 valence electrons. The molecule has 1 amide bonds. The van der Waals surface area contributed by atoms with Gasteiger partial charge in [0.15, 0.2) is 11.5 Å². The van der Waals surface area contributed by atoms with Gasteiger partial charge < -0.3 is 24.2 Å². The van der Waals surface area contributed by atoms with Crippen molar-refractivity contribution in [2.45, 2.75) is 19.6 Å². The number of carbonyl (C=O) groups is 1. The molecular formula is C21H33N3O5. The van der Waals surface area contributed by atoms with E-state index in [1.165, 1.54) is 0 Å². The minimum atomic E-state index is -0.579. The highest BCUT2D eigenvalue weighted by molar-refractivity contribution is 5.73. The topological polar surface area (TPSA) is 74.7 Å². The van der Waals surface area contributed by atoms with Crippen LogP contribution in [0.15, 0.2) is 18.2 Å². The maximum absolute atomic E-state index is 11.5. The van der Waals surface area contributed by atoms with E-state index in [1.807, 2.05) is 23.1 Å². The van der Waals surface area contributed by atoms with Gasteiger partial charge in [-0.15, -0.1) is 0 Å². The number of amides is 1. The largest absolute Gasteiger partial charge is 0.493 e. The summed E-state index contributed by atoms with van der Waals surface area (Å²) in [6.07, 6.45) is -0.579. The monoisotopic (exact) mass is 407 g/mol. The van der Waals surface area contributed by atoms with Gasteiger partial charge in [0.2, 0.25) is 5.91 Å². The van der Waals surface area contributed by atoms with Crippen LogP contribution in [0.25, 0.3) is 0 Å². The Hall–Kier alpha value is -1.87. The Kier molecular flexibility index (Phi) is 8.11. The van der Waals surface area contributed by atoms with Gasteiger partial charge in [-0.3, -0.25) is 14.6 Å². The average molecular weight is 408 g/mol. The third kappa shape index (κ3) is 6.30. The second-order valence-electron chi connectivity index (χ2n) is 7.61. The number of para-hydroxylation sites is 1. The van der Waals surface area contributed by atoms with E-state index in [2.05, 4.69) is 9.80 Å². The molecule has 2 fully saturated rings. The highest BCUT2D eigenvalue weighted by Crippen LogP contribution is 2.32. The highest BCUT2D eigenvalue weighted by Gasteiger charge is 2.22. The maximum Gasteiger partial charge on any atom is 0.219 e. The van der Waals surface area contributed by atoms with Crippen molar-refractivity contribution >= 4 is 5.91 Å². The zero-order valence-corrected chi connectivity index (χ0v) is 17.5. The number of hydrogen-bond donors (Lipinski definition) is 1. The molecule has 3 rings (SSSR count). The first kappa shape index (κ1) is 21.8. The van der Waals surface area contributed by atoms with Crippen molar-refractivity contribution in [1.82, 2.24) is 14.7 Å². The number of methoxy groups -OCH3 is 1. The summed E-state index contributed by atoms with van der Waals surface area (Å²) in [7, 11) is 1.63. The summed E-state index contributed by atoms with van der Waals surface area (Å²) in [4.78, 5) is 17.9. The van der Waals surface area contributed by atoms with Crippen LogP contribution in [-0.2, 0) is 16.1 Å². The van der Waals surface area contributed by atoms with E-state index in [0.29, 0.717) is 31.3 Å². The fraction of sp³-hybridized carbons (Fsp3) is 0.667. The van der Waals surface area contributed by atoms with Crippen molar-refractivity contribution in [2.75, 3.05) is 72.7 Å². The molecule has 1 aromatic carbocycles. The summed E-state index contributed by atoms with van der Waals surface area (Å²) in [5, 5.41) is 10.4. The number of aliphatic hydroxyl groups is 1. The molecule has 2 saturated heterocycles. The lowest BCUT2D eigenvalue weighted by Crippen LogP contribution is -2.47. The molecule has 0 radical (unpaired) electrons. The number of rotatable bonds is 8. The Morgan fingerprint density at radius 2 is 1.86 bits per heavy atom. The maximum atomic E-state index is 11.5. The molecule has 0 saturated carbocycles. The number of nitrogens with zero attached hydrogens (tertiary/aromatic N) is 3. The van der Waals surface area contributed by atoms with Crippen LogP contribution in [0.4, 0.5) is 0 Å². The number of morpholine rings is 1. The molecule has 1 N–H and O–H groups in total. The molecule has 0 aliphatic carbocycles. The first-order valence-corrected chi connectivity index (χ1v) is 10.3. The van der Waals surface area contributed by atoms with Crippen molar-refractivity contribution in [3.63, 3.8) is 0 Å². The Morgan fingerprint density at radius 1 is 1.14 bits per heavy atom. The molecule has 8 heteroatoms. The predicted molar refractivity (Wildman–Crippen MR) is 109 cm³/mol. The van der Waals surface area contributed by atoms with E-state index in [0.717, 1.165) is 51.4 Å². The number of piperazine rings is 1. The molecule has 2 aliphatic heterocycles. The van der Waals surface area contributed by atoms with Crippen molar-refractivity contribution in [2.24, 2.45) is 0 Å². The number of ether oxygens (including phenoxy) is 3. The molecule has 0 aromatic heterocycles. The van der Waals surface area contributed by atoms with E-state index in [4.69, 9.17) is 14.2 Å². The van der Waals surface area contributed by atoms with Gasteiger partial charge in [-0.2, -0.15) is 0 Å². The number of carbonyl (C=O) groups excluding carboxylic acids is 1. The summed E-state index contributed by atoms with van der Waals surface area (Å²) in [6.45, 7) is 9.36. The first-order valence-electron chi connectivity index (χ1n) is 10.3. The molecule has 1 atom stereocenters. The summed E-state index contributed by atoms with van der Waals surface area (Å²) < 4.78 is 16.9. The molecule has 0 bridgehead atoms. The van der Waals surface area contributed by atoms with Crippen LogP contribution in [0.2, 0.25) is 0 Å². The van der Waals surface area contributed by atoms with E-state index in [-0.39, 0.29) is 12.5 Å². The van der Waals surface area contributed by atoms with E-state index in [9.17, 15) is 9.90 Å². The lowest BCUT2D eigenvalue weighted by molar-refractivity contribution is -0.130. The molecular weight excluding hydrogens is 374 g/mol. The van der Waals surface area contributed by atoms with E-state index in [1.54, 1.807) is 14.0 Å². The summed E-state index contributed by atoms with van der Waals surface area (Å²) >= 11 is 0. The second-order valence-corrected chi connectivity index (χ2v) is 7.61. The van der Waals surface area contributed by atoms with E-state index >= 15 is 0 Å². The molecule has 29 heavy (non-hydrogen) atoms. The van der Waals surface area contributed by atoms with Gasteiger partial charge in [0, 0.05) is 64.8 Å². The van der Waals surface area contributed by atoms with Gasteiger partial charge in [0.1, 0.15) is 12.7 Å². The quantitative estimate of drug-likeness (QED) is 0.670. The number of β-amino-alcohol motifs (C(OH)–C–C–N with tert-alkyl or cyclic N) is 1. The summed E-state index contributed by atoms with van der Waals surface area (Å²) in [6, 6.07) is 5.86. The molecule has 0 spiro atoms. The van der Waals surface area contributed by atoms with Crippen molar-refractivity contribution in [3.8, 4) is 11.5 Å². The van der Waals surface area contributed by atoms with Crippen molar-refractivity contribution in [1.29, 1.82) is 0 Å². The Labute approximate surface area is 172 Å². The van der Waals surface area contributed by atoms with Crippen molar-refractivity contribution in [3.05, 3.63) is 23.8 Å². The van der Waals surface area contributed by atoms with Crippen LogP contribution >= 0.6 is 0 Å². The number of benzene rings is 1. The lowest BCUT2D eigenvalue weighted by Gasteiger charge is -2.34. The zero-order chi connectivity index (χ0) is 20.6. The van der Waals surface area contributed by atoms with Crippen LogP contribution in [0, 0.1) is 0 Å². The van der Waals surface area contributed by atoms with Gasteiger partial charge in [-0.25, -0.2) is 0 Å². The minimum absolute atomic E-state index is 0.129. The molecule has 0 unspecified atom stereocenters. The van der Waals surface area contributed by atoms with Gasteiger partial charge in [-0.1, -0.05) is 12.1 Å². The third-order valence-electron chi connectivity index (χ3n) is 5.48. The Bertz CT molecular complexity index is 658. The zero-order valence-electron chi connectivity index (χ0n) is 17.5. The number of hydrogen-bond acceptors (Lipinski definition) is 7. The fourth-order valence-corrected chi connectivity index (χ4v) is 3.79. The second kappa shape index (κ2) is 10.8. The van der Waals surface area contributed by atoms with Crippen LogP contribution < -0.4 is 9.47 Å². The molecule has 1 aromatic rings. The van der Waals surface area contributed by atoms with Crippen molar-refractivity contribution < 1.29 is 24.1 Å².